The third kappa shape index (κ3) is 17.3. The molecule has 0 radical (unpaired) electrons. The van der Waals surface area contributed by atoms with Gasteiger partial charge in [0.1, 0.15) is 0 Å². The number of unbranched alkanes of at least 4 members (excludes halogenated alkanes) is 18. The molecule has 1 fully saturated rings. The van der Waals surface area contributed by atoms with Crippen LogP contribution in [0, 0.1) is 0 Å². The molecule has 0 aromatic carbocycles. The van der Waals surface area contributed by atoms with E-state index in [1.165, 1.54) is 161 Å². The summed E-state index contributed by atoms with van der Waals surface area (Å²) in [5.74, 6) is 0. The normalized spacial score (nSPS) is 16.9. The highest BCUT2D eigenvalue weighted by Gasteiger charge is 2.43. The van der Waals surface area contributed by atoms with Gasteiger partial charge in [-0.15, -0.1) is 0 Å². The summed E-state index contributed by atoms with van der Waals surface area (Å²) < 4.78 is 7.15. The van der Waals surface area contributed by atoms with Crippen molar-refractivity contribution in [1.29, 1.82) is 0 Å². The third-order valence-electron chi connectivity index (χ3n) is 8.11. The van der Waals surface area contributed by atoms with E-state index >= 15 is 0 Å². The number of hydrogen-bond donors (Lipinski definition) is 1. The summed E-state index contributed by atoms with van der Waals surface area (Å²) in [4.78, 5) is 0. The Morgan fingerprint density at radius 2 is 0.971 bits per heavy atom. The van der Waals surface area contributed by atoms with E-state index in [-0.39, 0.29) is 5.60 Å². The molecular weight excluding hydrogens is 442 g/mol. The van der Waals surface area contributed by atoms with Gasteiger partial charge in [0.05, 0.1) is 5.60 Å². The first-order chi connectivity index (χ1) is 16.9. The van der Waals surface area contributed by atoms with Crippen LogP contribution in [-0.4, -0.2) is 26.5 Å². The minimum Gasteiger partial charge on any atom is -0.411 e. The number of rotatable bonds is 25. The second-order valence-corrected chi connectivity index (χ2v) is 17.2. The van der Waals surface area contributed by atoms with Gasteiger partial charge in [-0.25, -0.2) is 0 Å². The molecule has 1 rings (SSSR count). The lowest BCUT2D eigenvalue weighted by Crippen LogP contribution is -2.54. The van der Waals surface area contributed by atoms with Gasteiger partial charge >= 0.3 is 0 Å². The molecule has 1 heterocycles. The molecule has 1 saturated heterocycles. The van der Waals surface area contributed by atoms with E-state index < -0.39 is 8.32 Å². The maximum Gasteiger partial charge on any atom is 0.184 e. The molecule has 0 amide bonds. The van der Waals surface area contributed by atoms with Crippen LogP contribution < -0.4 is 5.32 Å². The van der Waals surface area contributed by atoms with Crippen molar-refractivity contribution in [1.82, 2.24) is 5.32 Å². The van der Waals surface area contributed by atoms with Crippen LogP contribution in [0.15, 0.2) is 0 Å². The van der Waals surface area contributed by atoms with Crippen molar-refractivity contribution in [3.63, 3.8) is 0 Å². The Morgan fingerprint density at radius 3 is 1.29 bits per heavy atom. The summed E-state index contributed by atoms with van der Waals surface area (Å²) in [6.07, 6.45) is 33.6. The van der Waals surface area contributed by atoms with Crippen LogP contribution in [0.4, 0.5) is 0 Å². The van der Waals surface area contributed by atoms with Crippen LogP contribution in [0.5, 0.6) is 0 Å². The summed E-state index contributed by atoms with van der Waals surface area (Å²) >= 11 is 0. The maximum atomic E-state index is 7.15. The lowest BCUT2D eigenvalue weighted by atomic mass is 9.82. The Hall–Kier alpha value is 0.137. The van der Waals surface area contributed by atoms with Crippen molar-refractivity contribution < 1.29 is 4.43 Å². The molecule has 0 unspecified atom stereocenters. The SMILES string of the molecule is CCCCCCCCCCCCC(CCCCCCCCCCCC)(O[Si](C)(C)C)[C@@H]1CCCN1. The maximum absolute atomic E-state index is 7.15. The number of hydrogen-bond acceptors (Lipinski definition) is 2. The van der Waals surface area contributed by atoms with Gasteiger partial charge in [-0.2, -0.15) is 0 Å². The zero-order valence-electron chi connectivity index (χ0n) is 25.2. The zero-order chi connectivity index (χ0) is 25.7. The number of nitrogens with one attached hydrogen (secondary N) is 1. The molecule has 0 bridgehead atoms. The van der Waals surface area contributed by atoms with Crippen molar-refractivity contribution in [2.45, 2.75) is 199 Å². The summed E-state index contributed by atoms with van der Waals surface area (Å²) in [5, 5.41) is 3.89. The molecule has 0 aliphatic carbocycles. The van der Waals surface area contributed by atoms with Crippen molar-refractivity contribution >= 4 is 8.32 Å². The summed E-state index contributed by atoms with van der Waals surface area (Å²) in [6, 6.07) is 0.589. The zero-order valence-corrected chi connectivity index (χ0v) is 26.2. The van der Waals surface area contributed by atoms with E-state index in [4.69, 9.17) is 4.43 Å². The van der Waals surface area contributed by atoms with E-state index in [9.17, 15) is 0 Å². The van der Waals surface area contributed by atoms with E-state index in [0.29, 0.717) is 6.04 Å². The first-order valence-electron chi connectivity index (χ1n) is 16.4. The minimum atomic E-state index is -1.59. The molecule has 0 aromatic rings. The fourth-order valence-electron chi connectivity index (χ4n) is 6.21. The topological polar surface area (TPSA) is 21.3 Å². The van der Waals surface area contributed by atoms with E-state index in [0.717, 1.165) is 0 Å². The molecular formula is C32H67NOSi. The van der Waals surface area contributed by atoms with Crippen molar-refractivity contribution in [3.05, 3.63) is 0 Å². The molecule has 210 valence electrons. The van der Waals surface area contributed by atoms with Gasteiger partial charge in [-0.1, -0.05) is 142 Å². The average Bonchev–Trinajstić information content (AvgIpc) is 3.36. The lowest BCUT2D eigenvalue weighted by Gasteiger charge is -2.44. The van der Waals surface area contributed by atoms with Crippen LogP contribution in [0.1, 0.15) is 168 Å². The molecule has 1 aliphatic rings. The smallest absolute Gasteiger partial charge is 0.184 e. The Morgan fingerprint density at radius 1 is 0.600 bits per heavy atom. The van der Waals surface area contributed by atoms with Gasteiger partial charge in [0.2, 0.25) is 0 Å². The predicted molar refractivity (Wildman–Crippen MR) is 161 cm³/mol. The van der Waals surface area contributed by atoms with Gasteiger partial charge in [0.25, 0.3) is 0 Å². The molecule has 2 nitrogen and oxygen atoms in total. The van der Waals surface area contributed by atoms with E-state index in [2.05, 4.69) is 38.8 Å². The van der Waals surface area contributed by atoms with Crippen molar-refractivity contribution in [3.8, 4) is 0 Å². The summed E-state index contributed by atoms with van der Waals surface area (Å²) in [5.41, 5.74) is 0.0985. The lowest BCUT2D eigenvalue weighted by molar-refractivity contribution is 0.00507. The molecule has 0 saturated carbocycles. The van der Waals surface area contributed by atoms with Crippen LogP contribution in [0.3, 0.4) is 0 Å². The van der Waals surface area contributed by atoms with E-state index in [1.807, 2.05) is 0 Å². The first kappa shape index (κ1) is 33.2. The van der Waals surface area contributed by atoms with Crippen LogP contribution in [0.2, 0.25) is 19.6 Å². The monoisotopic (exact) mass is 509 g/mol. The van der Waals surface area contributed by atoms with Gasteiger partial charge < -0.3 is 9.74 Å². The molecule has 1 aliphatic heterocycles. The largest absolute Gasteiger partial charge is 0.411 e. The average molecular weight is 510 g/mol. The van der Waals surface area contributed by atoms with Crippen molar-refractivity contribution in [2.75, 3.05) is 6.54 Å². The predicted octanol–water partition coefficient (Wildman–Crippen LogP) is 11.0. The van der Waals surface area contributed by atoms with Gasteiger partial charge in [-0.05, 0) is 51.9 Å². The molecule has 3 heteroatoms. The summed E-state index contributed by atoms with van der Waals surface area (Å²) in [7, 11) is -1.59. The van der Waals surface area contributed by atoms with Crippen LogP contribution in [0.25, 0.3) is 0 Å². The second-order valence-electron chi connectivity index (χ2n) is 12.8. The van der Waals surface area contributed by atoms with Crippen LogP contribution in [-0.2, 0) is 4.43 Å². The van der Waals surface area contributed by atoms with Gasteiger partial charge in [-0.3, -0.25) is 0 Å². The molecule has 0 spiro atoms. The molecule has 0 aromatic heterocycles. The fraction of sp³-hybridized carbons (Fsp3) is 1.00. The Kier molecular flexibility index (Phi) is 20.0. The van der Waals surface area contributed by atoms with Crippen molar-refractivity contribution in [2.24, 2.45) is 0 Å². The highest BCUT2D eigenvalue weighted by atomic mass is 28.4. The Balaban J connectivity index is 2.41. The van der Waals surface area contributed by atoms with E-state index in [1.54, 1.807) is 0 Å². The second kappa shape index (κ2) is 21.1. The van der Waals surface area contributed by atoms with Crippen LogP contribution >= 0.6 is 0 Å². The third-order valence-corrected chi connectivity index (χ3v) is 9.13. The minimum absolute atomic E-state index is 0.0985. The molecule has 1 N–H and O–H groups in total. The first-order valence-corrected chi connectivity index (χ1v) is 19.8. The van der Waals surface area contributed by atoms with Gasteiger partial charge in [0.15, 0.2) is 8.32 Å². The Labute approximate surface area is 223 Å². The standard InChI is InChI=1S/C32H67NOSi/c1-6-8-10-12-14-16-18-20-22-24-28-32(34-35(3,4)5,31-27-26-30-33-31)29-25-23-21-19-17-15-13-11-9-7-2/h31,33H,6-30H2,1-5H3/t31-/m0/s1. The fourth-order valence-corrected chi connectivity index (χ4v) is 7.78. The summed E-state index contributed by atoms with van der Waals surface area (Å²) in [6.45, 7) is 13.0. The highest BCUT2D eigenvalue weighted by Crippen LogP contribution is 2.37. The Bertz CT molecular complexity index is 431. The van der Waals surface area contributed by atoms with Gasteiger partial charge in [0, 0.05) is 6.04 Å². The molecule has 1 atom stereocenters. The highest BCUT2D eigenvalue weighted by molar-refractivity contribution is 6.69. The quantitative estimate of drug-likeness (QED) is 0.0975. The molecule has 35 heavy (non-hydrogen) atoms.